The molecular weight excluding hydrogens is 184 g/mol. The molecule has 0 aliphatic heterocycles. The SMILES string of the molecule is COCCn1nc(C)cc(CO)c1=O. The van der Waals surface area contributed by atoms with Gasteiger partial charge in [0.25, 0.3) is 5.56 Å². The number of hydrogen-bond donors (Lipinski definition) is 1. The molecule has 0 fully saturated rings. The number of aliphatic hydroxyl groups excluding tert-OH is 1. The molecule has 5 heteroatoms. The third-order valence-electron chi connectivity index (χ3n) is 1.85. The van der Waals surface area contributed by atoms with Gasteiger partial charge in [-0.15, -0.1) is 0 Å². The van der Waals surface area contributed by atoms with Crippen molar-refractivity contribution >= 4 is 0 Å². The van der Waals surface area contributed by atoms with Gasteiger partial charge < -0.3 is 9.84 Å². The van der Waals surface area contributed by atoms with Crippen LogP contribution in [0.4, 0.5) is 0 Å². The highest BCUT2D eigenvalue weighted by Gasteiger charge is 2.04. The van der Waals surface area contributed by atoms with Crippen LogP contribution in [0.2, 0.25) is 0 Å². The summed E-state index contributed by atoms with van der Waals surface area (Å²) in [6.07, 6.45) is 0. The number of methoxy groups -OCH3 is 1. The van der Waals surface area contributed by atoms with E-state index in [0.717, 1.165) is 0 Å². The molecule has 0 atom stereocenters. The van der Waals surface area contributed by atoms with Gasteiger partial charge in [0.05, 0.1) is 25.5 Å². The second-order valence-corrected chi connectivity index (χ2v) is 2.99. The van der Waals surface area contributed by atoms with Gasteiger partial charge in [-0.25, -0.2) is 4.68 Å². The fourth-order valence-corrected chi connectivity index (χ4v) is 1.19. The van der Waals surface area contributed by atoms with E-state index in [-0.39, 0.29) is 12.2 Å². The van der Waals surface area contributed by atoms with Gasteiger partial charge in [0.2, 0.25) is 0 Å². The van der Waals surface area contributed by atoms with E-state index in [1.54, 1.807) is 20.1 Å². The van der Waals surface area contributed by atoms with Crippen LogP contribution in [0, 0.1) is 6.92 Å². The average molecular weight is 198 g/mol. The van der Waals surface area contributed by atoms with Crippen molar-refractivity contribution in [2.24, 2.45) is 0 Å². The minimum absolute atomic E-state index is 0.254. The van der Waals surface area contributed by atoms with Gasteiger partial charge in [0.15, 0.2) is 0 Å². The van der Waals surface area contributed by atoms with Gasteiger partial charge in [0.1, 0.15) is 0 Å². The molecule has 0 radical (unpaired) electrons. The summed E-state index contributed by atoms with van der Waals surface area (Å²) in [5.74, 6) is 0. The Kier molecular flexibility index (Phi) is 3.79. The number of ether oxygens (including phenoxy) is 1. The molecule has 1 heterocycles. The Morgan fingerprint density at radius 3 is 2.93 bits per heavy atom. The summed E-state index contributed by atoms with van der Waals surface area (Å²) in [5.41, 5.74) is 0.827. The number of rotatable bonds is 4. The highest BCUT2D eigenvalue weighted by Crippen LogP contribution is 1.94. The lowest BCUT2D eigenvalue weighted by molar-refractivity contribution is 0.181. The third-order valence-corrected chi connectivity index (χ3v) is 1.85. The number of aliphatic hydroxyl groups is 1. The van der Waals surface area contributed by atoms with E-state index in [0.29, 0.717) is 24.4 Å². The predicted octanol–water partition coefficient (Wildman–Crippen LogP) is -0.310. The summed E-state index contributed by atoms with van der Waals surface area (Å²) in [6, 6.07) is 1.59. The standard InChI is InChI=1S/C9H14N2O3/c1-7-5-8(6-12)9(13)11(10-7)3-4-14-2/h5,12H,3-4,6H2,1-2H3. The second-order valence-electron chi connectivity index (χ2n) is 2.99. The number of nitrogens with zero attached hydrogens (tertiary/aromatic N) is 2. The summed E-state index contributed by atoms with van der Waals surface area (Å²) in [5, 5.41) is 13.0. The highest BCUT2D eigenvalue weighted by atomic mass is 16.5. The van der Waals surface area contributed by atoms with Gasteiger partial charge in [-0.2, -0.15) is 5.10 Å². The summed E-state index contributed by atoms with van der Waals surface area (Å²) in [6.45, 7) is 2.36. The van der Waals surface area contributed by atoms with Crippen LogP contribution in [0.15, 0.2) is 10.9 Å². The van der Waals surface area contributed by atoms with Gasteiger partial charge in [0, 0.05) is 12.7 Å². The Hall–Kier alpha value is -1.20. The first-order chi connectivity index (χ1) is 6.69. The summed E-state index contributed by atoms with van der Waals surface area (Å²) in [4.78, 5) is 11.5. The fourth-order valence-electron chi connectivity index (χ4n) is 1.19. The maximum atomic E-state index is 11.5. The van der Waals surface area contributed by atoms with Crippen molar-refractivity contribution in [1.82, 2.24) is 9.78 Å². The molecule has 0 spiro atoms. The Bertz CT molecular complexity index is 360. The van der Waals surface area contributed by atoms with E-state index in [1.165, 1.54) is 4.68 Å². The molecule has 0 saturated heterocycles. The first-order valence-electron chi connectivity index (χ1n) is 4.36. The van der Waals surface area contributed by atoms with Crippen molar-refractivity contribution in [2.75, 3.05) is 13.7 Å². The molecule has 14 heavy (non-hydrogen) atoms. The summed E-state index contributed by atoms with van der Waals surface area (Å²) >= 11 is 0. The largest absolute Gasteiger partial charge is 0.391 e. The Labute approximate surface area is 81.9 Å². The van der Waals surface area contributed by atoms with Gasteiger partial charge in [-0.05, 0) is 13.0 Å². The van der Waals surface area contributed by atoms with Crippen LogP contribution in [-0.2, 0) is 17.9 Å². The minimum atomic E-state index is -0.255. The van der Waals surface area contributed by atoms with Gasteiger partial charge >= 0.3 is 0 Å². The molecule has 78 valence electrons. The highest BCUT2D eigenvalue weighted by molar-refractivity contribution is 5.11. The van der Waals surface area contributed by atoms with E-state index in [2.05, 4.69) is 5.10 Å². The zero-order valence-electron chi connectivity index (χ0n) is 8.36. The van der Waals surface area contributed by atoms with Crippen LogP contribution in [0.25, 0.3) is 0 Å². The van der Waals surface area contributed by atoms with Crippen molar-refractivity contribution in [1.29, 1.82) is 0 Å². The third kappa shape index (κ3) is 2.40. The van der Waals surface area contributed by atoms with Crippen LogP contribution < -0.4 is 5.56 Å². The molecule has 0 unspecified atom stereocenters. The van der Waals surface area contributed by atoms with Crippen molar-refractivity contribution in [3.05, 3.63) is 27.7 Å². The van der Waals surface area contributed by atoms with Crippen LogP contribution in [0.3, 0.4) is 0 Å². The molecule has 5 nitrogen and oxygen atoms in total. The van der Waals surface area contributed by atoms with E-state index in [9.17, 15) is 4.79 Å². The topological polar surface area (TPSA) is 64.3 Å². The zero-order chi connectivity index (χ0) is 10.6. The van der Waals surface area contributed by atoms with Crippen LogP contribution >= 0.6 is 0 Å². The first-order valence-corrected chi connectivity index (χ1v) is 4.36. The first kappa shape index (κ1) is 10.9. The van der Waals surface area contributed by atoms with Crippen molar-refractivity contribution in [3.8, 4) is 0 Å². The maximum absolute atomic E-state index is 11.5. The average Bonchev–Trinajstić information content (AvgIpc) is 2.18. The van der Waals surface area contributed by atoms with E-state index in [4.69, 9.17) is 9.84 Å². The lowest BCUT2D eigenvalue weighted by Crippen LogP contribution is -2.28. The molecule has 0 aliphatic rings. The Morgan fingerprint density at radius 2 is 2.36 bits per heavy atom. The summed E-state index contributed by atoms with van der Waals surface area (Å²) in [7, 11) is 1.56. The molecule has 1 N–H and O–H groups in total. The number of aromatic nitrogens is 2. The van der Waals surface area contributed by atoms with Crippen LogP contribution in [-0.4, -0.2) is 28.6 Å². The Morgan fingerprint density at radius 1 is 1.64 bits per heavy atom. The number of aryl methyl sites for hydroxylation is 1. The lowest BCUT2D eigenvalue weighted by Gasteiger charge is -2.06. The predicted molar refractivity (Wildman–Crippen MR) is 51.0 cm³/mol. The van der Waals surface area contributed by atoms with E-state index >= 15 is 0 Å². The molecule has 0 aromatic carbocycles. The molecule has 0 saturated carbocycles. The molecule has 0 aliphatic carbocycles. The monoisotopic (exact) mass is 198 g/mol. The Balaban J connectivity index is 3.03. The zero-order valence-corrected chi connectivity index (χ0v) is 8.36. The fraction of sp³-hybridized carbons (Fsp3) is 0.556. The van der Waals surface area contributed by atoms with E-state index < -0.39 is 0 Å². The lowest BCUT2D eigenvalue weighted by atomic mass is 10.3. The second kappa shape index (κ2) is 4.88. The maximum Gasteiger partial charge on any atom is 0.272 e. The molecule has 1 aromatic rings. The van der Waals surface area contributed by atoms with Crippen LogP contribution in [0.1, 0.15) is 11.3 Å². The molecule has 1 aromatic heterocycles. The van der Waals surface area contributed by atoms with Crippen molar-refractivity contribution in [3.63, 3.8) is 0 Å². The summed E-state index contributed by atoms with van der Waals surface area (Å²) < 4.78 is 6.16. The minimum Gasteiger partial charge on any atom is -0.391 e. The quantitative estimate of drug-likeness (QED) is 0.720. The molecule has 0 bridgehead atoms. The van der Waals surface area contributed by atoms with Gasteiger partial charge in [-0.1, -0.05) is 0 Å². The molecule has 0 amide bonds. The van der Waals surface area contributed by atoms with Gasteiger partial charge in [-0.3, -0.25) is 4.79 Å². The van der Waals surface area contributed by atoms with Crippen molar-refractivity contribution in [2.45, 2.75) is 20.1 Å². The smallest absolute Gasteiger partial charge is 0.272 e. The van der Waals surface area contributed by atoms with E-state index in [1.807, 2.05) is 0 Å². The number of hydrogen-bond acceptors (Lipinski definition) is 4. The van der Waals surface area contributed by atoms with Crippen LogP contribution in [0.5, 0.6) is 0 Å². The normalized spacial score (nSPS) is 10.5. The molecule has 1 rings (SSSR count). The molecular formula is C9H14N2O3. The van der Waals surface area contributed by atoms with Crippen molar-refractivity contribution < 1.29 is 9.84 Å².